The zero-order valence-corrected chi connectivity index (χ0v) is 12.2. The number of benzene rings is 1. The fraction of sp³-hybridized carbons (Fsp3) is 0.471. The third kappa shape index (κ3) is 2.93. The molecule has 0 aliphatic carbocycles. The molecule has 2 aromatic rings. The summed E-state index contributed by atoms with van der Waals surface area (Å²) in [6.45, 7) is 5.65. The first kappa shape index (κ1) is 13.4. The summed E-state index contributed by atoms with van der Waals surface area (Å²) in [5.74, 6) is 0. The van der Waals surface area contributed by atoms with E-state index in [1.807, 2.05) is 12.3 Å². The van der Waals surface area contributed by atoms with Crippen molar-refractivity contribution in [2.75, 3.05) is 24.5 Å². The van der Waals surface area contributed by atoms with Gasteiger partial charge in [-0.1, -0.05) is 19.4 Å². The lowest BCUT2D eigenvalue weighted by Gasteiger charge is -2.26. The summed E-state index contributed by atoms with van der Waals surface area (Å²) in [6, 6.07) is 11.4. The highest BCUT2D eigenvalue weighted by molar-refractivity contribution is 5.82. The van der Waals surface area contributed by atoms with Crippen LogP contribution in [0.1, 0.15) is 26.2 Å². The fourth-order valence-electron chi connectivity index (χ4n) is 3.03. The van der Waals surface area contributed by atoms with Crippen LogP contribution in [-0.2, 0) is 0 Å². The Kier molecular flexibility index (Phi) is 4.16. The van der Waals surface area contributed by atoms with Gasteiger partial charge in [-0.25, -0.2) is 0 Å². The van der Waals surface area contributed by atoms with E-state index in [9.17, 15) is 0 Å². The fourth-order valence-corrected chi connectivity index (χ4v) is 3.03. The Morgan fingerprint density at radius 3 is 3.20 bits per heavy atom. The molecule has 0 radical (unpaired) electrons. The highest BCUT2D eigenvalue weighted by atomic mass is 15.2. The molecule has 3 rings (SSSR count). The molecule has 0 spiro atoms. The SMILES string of the molecule is CCCC1CN(c2ccc3ncccc3c2)CCCN1. The number of rotatable bonds is 3. The van der Waals surface area contributed by atoms with Gasteiger partial charge >= 0.3 is 0 Å². The van der Waals surface area contributed by atoms with Gasteiger partial charge in [-0.3, -0.25) is 4.98 Å². The van der Waals surface area contributed by atoms with E-state index in [2.05, 4.69) is 46.4 Å². The minimum atomic E-state index is 0.618. The molecule has 0 bridgehead atoms. The van der Waals surface area contributed by atoms with Crippen molar-refractivity contribution in [1.82, 2.24) is 10.3 Å². The molecule has 1 fully saturated rings. The average Bonchev–Trinajstić information content (AvgIpc) is 2.73. The van der Waals surface area contributed by atoms with Crippen LogP contribution in [0.3, 0.4) is 0 Å². The molecule has 2 heterocycles. The van der Waals surface area contributed by atoms with Gasteiger partial charge in [-0.2, -0.15) is 0 Å². The summed E-state index contributed by atoms with van der Waals surface area (Å²) in [5.41, 5.74) is 2.41. The number of pyridine rings is 1. The van der Waals surface area contributed by atoms with E-state index in [1.165, 1.54) is 30.3 Å². The molecule has 1 N–H and O–H groups in total. The second-order valence-corrected chi connectivity index (χ2v) is 5.62. The number of fused-ring (bicyclic) bond motifs is 1. The quantitative estimate of drug-likeness (QED) is 0.927. The molecule has 1 aliphatic rings. The van der Waals surface area contributed by atoms with Crippen molar-refractivity contribution in [3.8, 4) is 0 Å². The third-order valence-electron chi connectivity index (χ3n) is 4.07. The first-order valence-corrected chi connectivity index (χ1v) is 7.70. The van der Waals surface area contributed by atoms with Crippen LogP contribution in [0.15, 0.2) is 36.5 Å². The molecule has 1 aromatic carbocycles. The second kappa shape index (κ2) is 6.23. The molecule has 1 aromatic heterocycles. The number of hydrogen-bond donors (Lipinski definition) is 1. The smallest absolute Gasteiger partial charge is 0.0703 e. The van der Waals surface area contributed by atoms with Crippen molar-refractivity contribution in [2.45, 2.75) is 32.2 Å². The molecule has 20 heavy (non-hydrogen) atoms. The summed E-state index contributed by atoms with van der Waals surface area (Å²) in [4.78, 5) is 6.92. The van der Waals surface area contributed by atoms with Gasteiger partial charge in [0.2, 0.25) is 0 Å². The molecule has 0 saturated carbocycles. The molecule has 106 valence electrons. The molecule has 1 aliphatic heterocycles. The molecule has 1 atom stereocenters. The number of anilines is 1. The summed E-state index contributed by atoms with van der Waals surface area (Å²) < 4.78 is 0. The van der Waals surface area contributed by atoms with Gasteiger partial charge in [-0.15, -0.1) is 0 Å². The van der Waals surface area contributed by atoms with Gasteiger partial charge < -0.3 is 10.2 Å². The van der Waals surface area contributed by atoms with E-state index in [0.29, 0.717) is 6.04 Å². The first-order valence-electron chi connectivity index (χ1n) is 7.70. The lowest BCUT2D eigenvalue weighted by Crippen LogP contribution is -2.37. The van der Waals surface area contributed by atoms with Crippen LogP contribution in [-0.4, -0.2) is 30.7 Å². The number of aromatic nitrogens is 1. The zero-order chi connectivity index (χ0) is 13.8. The maximum Gasteiger partial charge on any atom is 0.0703 e. The van der Waals surface area contributed by atoms with Gasteiger partial charge in [-0.05, 0) is 43.7 Å². The minimum absolute atomic E-state index is 0.618. The second-order valence-electron chi connectivity index (χ2n) is 5.62. The lowest BCUT2D eigenvalue weighted by atomic mass is 10.1. The topological polar surface area (TPSA) is 28.2 Å². The number of nitrogens with one attached hydrogen (secondary N) is 1. The number of hydrogen-bond acceptors (Lipinski definition) is 3. The summed E-state index contributed by atoms with van der Waals surface area (Å²) >= 11 is 0. The van der Waals surface area contributed by atoms with Crippen LogP contribution in [0.5, 0.6) is 0 Å². The Hall–Kier alpha value is -1.61. The minimum Gasteiger partial charge on any atom is -0.370 e. The molecular weight excluding hydrogens is 246 g/mol. The van der Waals surface area contributed by atoms with Crippen LogP contribution in [0.2, 0.25) is 0 Å². The lowest BCUT2D eigenvalue weighted by molar-refractivity contribution is 0.503. The average molecular weight is 269 g/mol. The van der Waals surface area contributed by atoms with Crippen molar-refractivity contribution in [1.29, 1.82) is 0 Å². The maximum atomic E-state index is 4.40. The molecule has 1 unspecified atom stereocenters. The van der Waals surface area contributed by atoms with E-state index in [-0.39, 0.29) is 0 Å². The van der Waals surface area contributed by atoms with Crippen LogP contribution < -0.4 is 10.2 Å². The van der Waals surface area contributed by atoms with E-state index in [4.69, 9.17) is 0 Å². The highest BCUT2D eigenvalue weighted by Gasteiger charge is 2.17. The molecular formula is C17H23N3. The Morgan fingerprint density at radius 1 is 1.35 bits per heavy atom. The van der Waals surface area contributed by atoms with Crippen molar-refractivity contribution in [3.63, 3.8) is 0 Å². The van der Waals surface area contributed by atoms with E-state index in [0.717, 1.165) is 25.2 Å². The predicted molar refractivity (Wildman–Crippen MR) is 85.3 cm³/mol. The van der Waals surface area contributed by atoms with E-state index in [1.54, 1.807) is 0 Å². The normalized spacial score (nSPS) is 20.1. The first-order chi connectivity index (χ1) is 9.86. The molecule has 0 amide bonds. The largest absolute Gasteiger partial charge is 0.370 e. The van der Waals surface area contributed by atoms with Gasteiger partial charge in [0, 0.05) is 36.4 Å². The Bertz CT molecular complexity index is 567. The predicted octanol–water partition coefficient (Wildman–Crippen LogP) is 3.20. The van der Waals surface area contributed by atoms with Crippen LogP contribution in [0, 0.1) is 0 Å². The van der Waals surface area contributed by atoms with Crippen molar-refractivity contribution in [2.24, 2.45) is 0 Å². The Labute approximate surface area is 121 Å². The van der Waals surface area contributed by atoms with Gasteiger partial charge in [0.15, 0.2) is 0 Å². The molecule has 3 nitrogen and oxygen atoms in total. The van der Waals surface area contributed by atoms with Crippen LogP contribution in [0.4, 0.5) is 5.69 Å². The van der Waals surface area contributed by atoms with E-state index < -0.39 is 0 Å². The van der Waals surface area contributed by atoms with Crippen molar-refractivity contribution in [3.05, 3.63) is 36.5 Å². The summed E-state index contributed by atoms with van der Waals surface area (Å²) in [7, 11) is 0. The van der Waals surface area contributed by atoms with Gasteiger partial charge in [0.1, 0.15) is 0 Å². The summed E-state index contributed by atoms with van der Waals surface area (Å²) in [6.07, 6.45) is 5.57. The highest BCUT2D eigenvalue weighted by Crippen LogP contribution is 2.22. The van der Waals surface area contributed by atoms with Crippen molar-refractivity contribution >= 4 is 16.6 Å². The maximum absolute atomic E-state index is 4.40. The molecule has 3 heteroatoms. The van der Waals surface area contributed by atoms with Crippen molar-refractivity contribution < 1.29 is 0 Å². The number of nitrogens with zero attached hydrogens (tertiary/aromatic N) is 2. The van der Waals surface area contributed by atoms with E-state index >= 15 is 0 Å². The van der Waals surface area contributed by atoms with Gasteiger partial charge in [0.05, 0.1) is 5.52 Å². The molecule has 1 saturated heterocycles. The standard InChI is InChI=1S/C17H23N3/c1-2-5-15-13-20(11-4-10-18-15)16-7-8-17-14(12-16)6-3-9-19-17/h3,6-9,12,15,18H,2,4-5,10-11,13H2,1H3. The monoisotopic (exact) mass is 269 g/mol. The van der Waals surface area contributed by atoms with Crippen LogP contribution in [0.25, 0.3) is 10.9 Å². The Balaban J connectivity index is 1.84. The van der Waals surface area contributed by atoms with Crippen LogP contribution >= 0.6 is 0 Å². The summed E-state index contributed by atoms with van der Waals surface area (Å²) in [5, 5.41) is 4.90. The third-order valence-corrected chi connectivity index (χ3v) is 4.07. The Morgan fingerprint density at radius 2 is 2.30 bits per heavy atom. The van der Waals surface area contributed by atoms with Gasteiger partial charge in [0.25, 0.3) is 0 Å². The zero-order valence-electron chi connectivity index (χ0n) is 12.2.